The monoisotopic (exact) mass is 260 g/mol. The van der Waals surface area contributed by atoms with Crippen molar-refractivity contribution < 1.29 is 0 Å². The molecule has 1 aromatic rings. The Labute approximate surface area is 117 Å². The summed E-state index contributed by atoms with van der Waals surface area (Å²) in [5.74, 6) is 7.47. The van der Waals surface area contributed by atoms with Gasteiger partial charge in [-0.15, -0.1) is 0 Å². The standard InChI is InChI=1S/C17H28N2/c1-12-7-9-15(10-8-12)17(19-18)11-16-13(2)5-4-6-14(16)3/h4-6,12,15,17,19H,7-11,18H2,1-3H3. The highest BCUT2D eigenvalue weighted by Gasteiger charge is 2.26. The summed E-state index contributed by atoms with van der Waals surface area (Å²) in [7, 11) is 0. The van der Waals surface area contributed by atoms with E-state index >= 15 is 0 Å². The molecule has 0 aliphatic heterocycles. The van der Waals surface area contributed by atoms with Gasteiger partial charge in [-0.05, 0) is 61.6 Å². The molecule has 1 unspecified atom stereocenters. The summed E-state index contributed by atoms with van der Waals surface area (Å²) in [6.45, 7) is 6.78. The van der Waals surface area contributed by atoms with Crippen LogP contribution >= 0.6 is 0 Å². The van der Waals surface area contributed by atoms with Crippen LogP contribution in [0.4, 0.5) is 0 Å². The second-order valence-corrected chi connectivity index (χ2v) is 6.37. The summed E-state index contributed by atoms with van der Waals surface area (Å²) in [5.41, 5.74) is 7.35. The number of aryl methyl sites for hydroxylation is 2. The zero-order valence-corrected chi connectivity index (χ0v) is 12.6. The molecule has 0 radical (unpaired) electrons. The van der Waals surface area contributed by atoms with E-state index in [4.69, 9.17) is 5.84 Å². The Hall–Kier alpha value is -0.860. The summed E-state index contributed by atoms with van der Waals surface area (Å²) in [6.07, 6.45) is 6.42. The minimum Gasteiger partial charge on any atom is -0.271 e. The van der Waals surface area contributed by atoms with Crippen LogP contribution in [0.1, 0.15) is 49.3 Å². The third-order valence-electron chi connectivity index (χ3n) is 4.91. The third kappa shape index (κ3) is 3.58. The highest BCUT2D eigenvalue weighted by Crippen LogP contribution is 2.32. The van der Waals surface area contributed by atoms with Gasteiger partial charge >= 0.3 is 0 Å². The first-order chi connectivity index (χ1) is 9.11. The maximum atomic E-state index is 5.84. The summed E-state index contributed by atoms with van der Waals surface area (Å²) >= 11 is 0. The van der Waals surface area contributed by atoms with Gasteiger partial charge in [-0.25, -0.2) is 0 Å². The lowest BCUT2D eigenvalue weighted by Gasteiger charge is -2.33. The molecule has 0 spiro atoms. The first-order valence-corrected chi connectivity index (χ1v) is 7.63. The molecule has 2 rings (SSSR count). The van der Waals surface area contributed by atoms with Gasteiger partial charge in [-0.2, -0.15) is 0 Å². The van der Waals surface area contributed by atoms with Crippen LogP contribution in [0, 0.1) is 25.7 Å². The minimum atomic E-state index is 0.423. The van der Waals surface area contributed by atoms with Crippen molar-refractivity contribution in [2.24, 2.45) is 17.7 Å². The largest absolute Gasteiger partial charge is 0.271 e. The number of hydrazine groups is 1. The number of benzene rings is 1. The minimum absolute atomic E-state index is 0.423. The second-order valence-electron chi connectivity index (χ2n) is 6.37. The highest BCUT2D eigenvalue weighted by molar-refractivity contribution is 5.34. The maximum Gasteiger partial charge on any atom is 0.0279 e. The summed E-state index contributed by atoms with van der Waals surface area (Å²) in [5, 5.41) is 0. The Morgan fingerprint density at radius 1 is 1.16 bits per heavy atom. The SMILES string of the molecule is Cc1cccc(C)c1CC(NN)C1CCC(C)CC1. The molecule has 1 aromatic carbocycles. The fourth-order valence-electron chi connectivity index (χ4n) is 3.44. The fraction of sp³-hybridized carbons (Fsp3) is 0.647. The molecule has 106 valence electrons. The van der Waals surface area contributed by atoms with E-state index in [1.54, 1.807) is 0 Å². The van der Waals surface area contributed by atoms with Gasteiger partial charge < -0.3 is 0 Å². The van der Waals surface area contributed by atoms with E-state index in [9.17, 15) is 0 Å². The number of nitrogens with two attached hydrogens (primary N) is 1. The van der Waals surface area contributed by atoms with Crippen LogP contribution < -0.4 is 11.3 Å². The molecular formula is C17H28N2. The fourth-order valence-corrected chi connectivity index (χ4v) is 3.44. The summed E-state index contributed by atoms with van der Waals surface area (Å²) in [4.78, 5) is 0. The van der Waals surface area contributed by atoms with Crippen LogP contribution in [-0.2, 0) is 6.42 Å². The first kappa shape index (κ1) is 14.5. The van der Waals surface area contributed by atoms with Gasteiger partial charge in [0.15, 0.2) is 0 Å². The zero-order chi connectivity index (χ0) is 13.8. The van der Waals surface area contributed by atoms with Gasteiger partial charge in [0.1, 0.15) is 0 Å². The molecule has 1 aliphatic rings. The molecular weight excluding hydrogens is 232 g/mol. The smallest absolute Gasteiger partial charge is 0.0279 e. The van der Waals surface area contributed by atoms with Crippen molar-refractivity contribution in [3.8, 4) is 0 Å². The lowest BCUT2D eigenvalue weighted by Crippen LogP contribution is -2.43. The van der Waals surface area contributed by atoms with E-state index in [0.717, 1.165) is 18.3 Å². The molecule has 0 heterocycles. The molecule has 1 saturated carbocycles. The van der Waals surface area contributed by atoms with Crippen molar-refractivity contribution >= 4 is 0 Å². The normalized spacial score (nSPS) is 25.3. The molecule has 1 fully saturated rings. The highest BCUT2D eigenvalue weighted by atomic mass is 15.2. The molecule has 1 aliphatic carbocycles. The summed E-state index contributed by atoms with van der Waals surface area (Å²) in [6, 6.07) is 6.98. The molecule has 2 nitrogen and oxygen atoms in total. The maximum absolute atomic E-state index is 5.84. The first-order valence-electron chi connectivity index (χ1n) is 7.63. The molecule has 19 heavy (non-hydrogen) atoms. The molecule has 0 amide bonds. The average molecular weight is 260 g/mol. The molecule has 0 aromatic heterocycles. The van der Waals surface area contributed by atoms with Crippen molar-refractivity contribution in [1.82, 2.24) is 5.43 Å². The quantitative estimate of drug-likeness (QED) is 0.642. The topological polar surface area (TPSA) is 38.0 Å². The Kier molecular flexibility index (Phi) is 5.00. The van der Waals surface area contributed by atoms with E-state index in [0.29, 0.717) is 6.04 Å². The predicted molar refractivity (Wildman–Crippen MR) is 81.9 cm³/mol. The second kappa shape index (κ2) is 6.53. The molecule has 3 N–H and O–H groups in total. The number of hydrogen-bond acceptors (Lipinski definition) is 2. The van der Waals surface area contributed by atoms with E-state index < -0.39 is 0 Å². The van der Waals surface area contributed by atoms with Crippen molar-refractivity contribution in [3.05, 3.63) is 34.9 Å². The van der Waals surface area contributed by atoms with E-state index in [1.807, 2.05) is 0 Å². The van der Waals surface area contributed by atoms with E-state index in [-0.39, 0.29) is 0 Å². The van der Waals surface area contributed by atoms with Crippen molar-refractivity contribution in [3.63, 3.8) is 0 Å². The van der Waals surface area contributed by atoms with Crippen LogP contribution in [0.2, 0.25) is 0 Å². The lowest BCUT2D eigenvalue weighted by molar-refractivity contribution is 0.229. The van der Waals surface area contributed by atoms with Gasteiger partial charge in [-0.3, -0.25) is 11.3 Å². The predicted octanol–water partition coefficient (Wildman–Crippen LogP) is 3.50. The van der Waals surface area contributed by atoms with Gasteiger partial charge in [0.25, 0.3) is 0 Å². The van der Waals surface area contributed by atoms with Crippen LogP contribution in [0.3, 0.4) is 0 Å². The number of rotatable bonds is 4. The van der Waals surface area contributed by atoms with Crippen LogP contribution in [0.5, 0.6) is 0 Å². The van der Waals surface area contributed by atoms with Crippen molar-refractivity contribution in [2.45, 2.75) is 58.9 Å². The van der Waals surface area contributed by atoms with Crippen LogP contribution in [0.15, 0.2) is 18.2 Å². The van der Waals surface area contributed by atoms with Gasteiger partial charge in [-0.1, -0.05) is 38.0 Å². The molecule has 1 atom stereocenters. The van der Waals surface area contributed by atoms with E-state index in [2.05, 4.69) is 44.4 Å². The van der Waals surface area contributed by atoms with E-state index in [1.165, 1.54) is 42.4 Å². The number of nitrogens with one attached hydrogen (secondary N) is 1. The molecule has 0 saturated heterocycles. The Morgan fingerprint density at radius 2 is 1.74 bits per heavy atom. The van der Waals surface area contributed by atoms with Gasteiger partial charge in [0.05, 0.1) is 0 Å². The van der Waals surface area contributed by atoms with Crippen molar-refractivity contribution in [1.29, 1.82) is 0 Å². The van der Waals surface area contributed by atoms with Gasteiger partial charge in [0.2, 0.25) is 0 Å². The Balaban J connectivity index is 2.06. The average Bonchev–Trinajstić information content (AvgIpc) is 2.40. The Morgan fingerprint density at radius 3 is 2.26 bits per heavy atom. The zero-order valence-electron chi connectivity index (χ0n) is 12.6. The molecule has 2 heteroatoms. The number of hydrogen-bond donors (Lipinski definition) is 2. The third-order valence-corrected chi connectivity index (χ3v) is 4.91. The van der Waals surface area contributed by atoms with Crippen molar-refractivity contribution in [2.75, 3.05) is 0 Å². The lowest BCUT2D eigenvalue weighted by atomic mass is 9.77. The summed E-state index contributed by atoms with van der Waals surface area (Å²) < 4.78 is 0. The van der Waals surface area contributed by atoms with Crippen LogP contribution in [0.25, 0.3) is 0 Å². The van der Waals surface area contributed by atoms with Crippen LogP contribution in [-0.4, -0.2) is 6.04 Å². The van der Waals surface area contributed by atoms with Gasteiger partial charge in [0, 0.05) is 6.04 Å². The molecule has 0 bridgehead atoms. The Bertz CT molecular complexity index is 385.